The highest BCUT2D eigenvalue weighted by molar-refractivity contribution is 9.10. The molecule has 2 aliphatic rings. The van der Waals surface area contributed by atoms with Gasteiger partial charge in [-0.05, 0) is 71.6 Å². The number of aromatic nitrogens is 4. The Morgan fingerprint density at radius 1 is 0.600 bits per heavy atom. The van der Waals surface area contributed by atoms with Crippen molar-refractivity contribution in [3.05, 3.63) is 113 Å². The fourth-order valence-electron chi connectivity index (χ4n) is 6.52. The zero-order chi connectivity index (χ0) is 39.7. The number of rotatable bonds is 5. The molecule has 1 saturated heterocycles. The van der Waals surface area contributed by atoms with Crippen molar-refractivity contribution in [3.63, 3.8) is 0 Å². The zero-order valence-corrected chi connectivity index (χ0v) is 32.9. The highest BCUT2D eigenvalue weighted by Crippen LogP contribution is 2.32. The number of methoxy groups -OCH3 is 2. The maximum atomic E-state index is 11.8. The summed E-state index contributed by atoms with van der Waals surface area (Å²) < 4.78 is 25.7. The first-order valence-corrected chi connectivity index (χ1v) is 19.3. The van der Waals surface area contributed by atoms with Crippen molar-refractivity contribution in [1.82, 2.24) is 19.9 Å². The van der Waals surface area contributed by atoms with Gasteiger partial charge in [-0.15, -0.1) is 0 Å². The second kappa shape index (κ2) is 21.0. The summed E-state index contributed by atoms with van der Waals surface area (Å²) in [5.74, 6) is 0.173. The lowest BCUT2D eigenvalue weighted by Gasteiger charge is -2.29. The maximum Gasteiger partial charge on any atom is 0.337 e. The number of hydrogen-bond acceptors (Lipinski definition) is 9. The van der Waals surface area contributed by atoms with Crippen LogP contribution in [0.1, 0.15) is 79.9 Å². The lowest BCUT2D eigenvalue weighted by Crippen LogP contribution is -2.31. The van der Waals surface area contributed by atoms with E-state index < -0.39 is 7.15 Å². The highest BCUT2D eigenvalue weighted by Gasteiger charge is 2.20. The van der Waals surface area contributed by atoms with Gasteiger partial charge in [0, 0.05) is 24.2 Å². The molecule has 2 aromatic heterocycles. The number of ether oxygens (including phenoxy) is 2. The lowest BCUT2D eigenvalue weighted by molar-refractivity contribution is 0.0592. The van der Waals surface area contributed by atoms with Crippen LogP contribution in [-0.4, -0.2) is 66.3 Å². The average molecular weight is 810 g/mol. The van der Waals surface area contributed by atoms with Crippen LogP contribution in [0.3, 0.4) is 0 Å². The molecule has 3 heterocycles. The van der Waals surface area contributed by atoms with Crippen LogP contribution in [0.5, 0.6) is 0 Å². The molecule has 0 amide bonds. The van der Waals surface area contributed by atoms with E-state index >= 15 is 0 Å². The minimum absolute atomic E-state index is 0.366. The van der Waals surface area contributed by atoms with Gasteiger partial charge in [-0.3, -0.25) is 4.39 Å². The van der Waals surface area contributed by atoms with Crippen LogP contribution in [0.2, 0.25) is 0 Å². The number of hydrogen-bond donors (Lipinski definition) is 0. The third-order valence-corrected chi connectivity index (χ3v) is 9.91. The van der Waals surface area contributed by atoms with Gasteiger partial charge in [0.05, 0.1) is 55.9 Å². The predicted octanol–water partition coefficient (Wildman–Crippen LogP) is 10.8. The van der Waals surface area contributed by atoms with Crippen molar-refractivity contribution < 1.29 is 24.8 Å². The van der Waals surface area contributed by atoms with Crippen LogP contribution in [0.25, 0.3) is 44.6 Å². The van der Waals surface area contributed by atoms with Crippen molar-refractivity contribution in [3.8, 4) is 22.5 Å². The van der Waals surface area contributed by atoms with Crippen molar-refractivity contribution in [1.29, 1.82) is 0 Å². The summed E-state index contributed by atoms with van der Waals surface area (Å²) in [5.41, 5.74) is 7.40. The van der Waals surface area contributed by atoms with Gasteiger partial charge in [-0.1, -0.05) is 99.2 Å². The number of esters is 2. The third-order valence-electron chi connectivity index (χ3n) is 9.36. The molecular formula is C44H47BrFN5O4. The summed E-state index contributed by atoms with van der Waals surface area (Å²) in [5, 5.41) is 0. The number of piperidine rings is 1. The molecule has 0 radical (unpaired) electrons. The molecule has 8 rings (SSSR count). The Morgan fingerprint density at radius 3 is 1.49 bits per heavy atom. The zero-order valence-electron chi connectivity index (χ0n) is 32.3. The van der Waals surface area contributed by atoms with Gasteiger partial charge in [0.1, 0.15) is 16.0 Å². The Morgan fingerprint density at radius 2 is 1.02 bits per heavy atom. The van der Waals surface area contributed by atoms with Crippen LogP contribution in [0.15, 0.2) is 102 Å². The number of nitrogens with zero attached hydrogens (tertiary/aromatic N) is 5. The van der Waals surface area contributed by atoms with E-state index in [-0.39, 0.29) is 11.9 Å². The number of benzene rings is 4. The van der Waals surface area contributed by atoms with E-state index in [2.05, 4.69) is 30.8 Å². The smallest absolute Gasteiger partial charge is 0.337 e. The fourth-order valence-corrected chi connectivity index (χ4v) is 7.03. The summed E-state index contributed by atoms with van der Waals surface area (Å²) in [6.07, 6.45) is 12.6. The van der Waals surface area contributed by atoms with Gasteiger partial charge in [0.25, 0.3) is 0 Å². The van der Waals surface area contributed by atoms with Crippen molar-refractivity contribution in [2.45, 2.75) is 57.8 Å². The standard InChI is InChI=1S/C21H21N3O2.C16H11BrN2O2.C6H12.CH3F/c1-26-21(25)16-10-11-17-18(14-16)22-19(15-8-4-2-5-9-15)20(23-17)24-12-6-3-7-13-24;1-21-16(20)11-7-8-12-13(9-11)18-14(15(17)19-12)10-5-3-2-4-6-10;1-2-4-6-5-3-1;1-2/h2,4-5,8-11,14H,3,6-7,12-13H2,1H3;2-9H,1H3;1-6H2;1H3/i;;;1D. The topological polar surface area (TPSA) is 107 Å². The largest absolute Gasteiger partial charge is 0.465 e. The predicted molar refractivity (Wildman–Crippen MR) is 221 cm³/mol. The average Bonchev–Trinajstić information content (AvgIpc) is 3.27. The quantitative estimate of drug-likeness (QED) is 0.157. The first-order valence-electron chi connectivity index (χ1n) is 19.2. The van der Waals surface area contributed by atoms with Crippen LogP contribution in [0.4, 0.5) is 10.2 Å². The van der Waals surface area contributed by atoms with Crippen LogP contribution < -0.4 is 4.90 Å². The lowest BCUT2D eigenvalue weighted by atomic mass is 10.0. The maximum absolute atomic E-state index is 11.8. The van der Waals surface area contributed by atoms with Gasteiger partial charge < -0.3 is 14.4 Å². The fraction of sp³-hybridized carbons (Fsp3) is 0.318. The molecule has 1 aliphatic heterocycles. The van der Waals surface area contributed by atoms with Gasteiger partial charge in [-0.25, -0.2) is 29.5 Å². The molecule has 0 spiro atoms. The Labute approximate surface area is 331 Å². The first kappa shape index (κ1) is 39.4. The molecule has 0 atom stereocenters. The molecule has 0 N–H and O–H groups in total. The Hall–Kier alpha value is -5.29. The summed E-state index contributed by atoms with van der Waals surface area (Å²) in [7, 11) is 1.74. The van der Waals surface area contributed by atoms with Crippen molar-refractivity contribution >= 4 is 55.8 Å². The van der Waals surface area contributed by atoms with E-state index in [9.17, 15) is 14.0 Å². The minimum atomic E-state index is -1.00. The van der Waals surface area contributed by atoms with Gasteiger partial charge in [0.15, 0.2) is 5.82 Å². The van der Waals surface area contributed by atoms with Gasteiger partial charge in [0.2, 0.25) is 0 Å². The van der Waals surface area contributed by atoms with Crippen LogP contribution in [-0.2, 0) is 9.47 Å². The van der Waals surface area contributed by atoms with E-state index in [0.717, 1.165) is 46.9 Å². The van der Waals surface area contributed by atoms with E-state index in [0.29, 0.717) is 32.3 Å². The van der Waals surface area contributed by atoms with E-state index in [1.54, 1.807) is 30.3 Å². The summed E-state index contributed by atoms with van der Waals surface area (Å²) in [6.45, 7) is 2.00. The van der Waals surface area contributed by atoms with Gasteiger partial charge >= 0.3 is 11.9 Å². The molecule has 0 unspecified atom stereocenters. The molecule has 6 aromatic rings. The summed E-state index contributed by atoms with van der Waals surface area (Å²) >= 11 is 3.45. The molecule has 4 aromatic carbocycles. The molecule has 1 saturated carbocycles. The number of fused-ring (bicyclic) bond motifs is 2. The molecular weight excluding hydrogens is 761 g/mol. The first-order chi connectivity index (χ1) is 27.4. The Bertz CT molecular complexity index is 2170. The Kier molecular flexibility index (Phi) is 15.0. The van der Waals surface area contributed by atoms with E-state index in [1.165, 1.54) is 72.0 Å². The SMILES string of the molecule is C1CCCCC1.COC(=O)c1ccc2nc(Br)c(-c3ccccc3)nc2c1.COC(=O)c1ccc2nc(N3CCCCC3)c(-c3ccccc3)nc2c1.[2H]CF. The molecule has 286 valence electrons. The summed E-state index contributed by atoms with van der Waals surface area (Å²) in [4.78, 5) is 44.7. The molecule has 2 fully saturated rings. The molecule has 0 bridgehead atoms. The second-order valence-electron chi connectivity index (χ2n) is 13.1. The number of halogens is 2. The normalized spacial score (nSPS) is 13.8. The number of anilines is 1. The van der Waals surface area contributed by atoms with E-state index in [1.807, 2.05) is 66.7 Å². The number of carbonyl (C=O) groups excluding carboxylic acids is 2. The van der Waals surface area contributed by atoms with E-state index in [4.69, 9.17) is 20.8 Å². The third kappa shape index (κ3) is 10.9. The van der Waals surface area contributed by atoms with Crippen molar-refractivity contribution in [2.24, 2.45) is 0 Å². The minimum Gasteiger partial charge on any atom is -0.465 e. The number of alkyl halides is 1. The monoisotopic (exact) mass is 808 g/mol. The van der Waals surface area contributed by atoms with Crippen LogP contribution >= 0.6 is 15.9 Å². The Balaban J connectivity index is 0.000000178. The number of carbonyl (C=O) groups is 2. The second-order valence-corrected chi connectivity index (χ2v) is 13.8. The molecule has 55 heavy (non-hydrogen) atoms. The van der Waals surface area contributed by atoms with Crippen molar-refractivity contribution in [2.75, 3.05) is 39.4 Å². The summed E-state index contributed by atoms with van der Waals surface area (Å²) in [6, 6.07) is 30.3. The molecule has 11 heteroatoms. The van der Waals surface area contributed by atoms with Crippen LogP contribution in [0, 0.1) is 0 Å². The molecule has 9 nitrogen and oxygen atoms in total. The highest BCUT2D eigenvalue weighted by atomic mass is 79.9. The van der Waals surface area contributed by atoms with Gasteiger partial charge in [-0.2, -0.15) is 0 Å². The molecule has 1 aliphatic carbocycles.